The van der Waals surface area contributed by atoms with Crippen LogP contribution in [0.1, 0.15) is 18.4 Å². The molecule has 0 radical (unpaired) electrons. The van der Waals surface area contributed by atoms with Crippen LogP contribution in [0.4, 0.5) is 0 Å². The first-order valence-electron chi connectivity index (χ1n) is 8.21. The highest BCUT2D eigenvalue weighted by atomic mass is 32.2. The number of quaternary nitrogens is 1. The standard InChI is InChI=1S/C10H23N2O.C7H8O3S/c1-12(2,3)9-10(13)8-11-6-4-5-7-11;1-6-2-4-7(5-3-6)11(8,9)10/h10,13H,4-9H2,1-3H3;2-5H,1H3,(H,8,9,10)/q+1;/p-1. The Morgan fingerprint density at radius 2 is 1.67 bits per heavy atom. The molecule has 0 amide bonds. The van der Waals surface area contributed by atoms with Crippen LogP contribution in [-0.2, 0) is 10.1 Å². The maximum absolute atomic E-state index is 10.4. The fourth-order valence-electron chi connectivity index (χ4n) is 2.66. The van der Waals surface area contributed by atoms with Crippen LogP contribution >= 0.6 is 0 Å². The van der Waals surface area contributed by atoms with Crippen LogP contribution in [0, 0.1) is 6.92 Å². The van der Waals surface area contributed by atoms with Gasteiger partial charge < -0.3 is 19.0 Å². The summed E-state index contributed by atoms with van der Waals surface area (Å²) in [6.07, 6.45) is 2.44. The van der Waals surface area contributed by atoms with Gasteiger partial charge in [-0.05, 0) is 45.0 Å². The number of rotatable bonds is 5. The molecule has 2 rings (SSSR count). The van der Waals surface area contributed by atoms with Crippen molar-refractivity contribution in [2.24, 2.45) is 0 Å². The van der Waals surface area contributed by atoms with Crippen molar-refractivity contribution in [1.82, 2.24) is 4.90 Å². The number of β-amino-alcohol motifs (C(OH)–C–C–N with tert-alkyl or cyclic N) is 1. The van der Waals surface area contributed by atoms with Gasteiger partial charge in [-0.2, -0.15) is 0 Å². The predicted octanol–water partition coefficient (Wildman–Crippen LogP) is 1.05. The molecule has 0 bridgehead atoms. The van der Waals surface area contributed by atoms with Crippen molar-refractivity contribution >= 4 is 10.1 Å². The second-order valence-electron chi connectivity index (χ2n) is 7.40. The molecule has 6 nitrogen and oxygen atoms in total. The molecule has 1 aliphatic heterocycles. The van der Waals surface area contributed by atoms with Crippen molar-refractivity contribution in [1.29, 1.82) is 0 Å². The largest absolute Gasteiger partial charge is 0.744 e. The quantitative estimate of drug-likeness (QED) is 0.628. The minimum Gasteiger partial charge on any atom is -0.744 e. The monoisotopic (exact) mass is 358 g/mol. The summed E-state index contributed by atoms with van der Waals surface area (Å²) in [5.74, 6) is 0. The highest BCUT2D eigenvalue weighted by Gasteiger charge is 2.20. The van der Waals surface area contributed by atoms with E-state index < -0.39 is 10.1 Å². The van der Waals surface area contributed by atoms with Gasteiger partial charge in [0, 0.05) is 6.54 Å². The third-order valence-corrected chi connectivity index (χ3v) is 4.59. The molecule has 24 heavy (non-hydrogen) atoms. The molecule has 1 aliphatic rings. The number of aryl methyl sites for hydroxylation is 1. The van der Waals surface area contributed by atoms with Gasteiger partial charge in [-0.1, -0.05) is 17.7 Å². The fourth-order valence-corrected chi connectivity index (χ4v) is 3.13. The van der Waals surface area contributed by atoms with Gasteiger partial charge in [0.15, 0.2) is 0 Å². The van der Waals surface area contributed by atoms with Crippen LogP contribution in [-0.4, -0.2) is 80.9 Å². The highest BCUT2D eigenvalue weighted by Crippen LogP contribution is 2.09. The van der Waals surface area contributed by atoms with Crippen LogP contribution in [0.15, 0.2) is 29.2 Å². The molecule has 1 aromatic rings. The second-order valence-corrected chi connectivity index (χ2v) is 8.78. The summed E-state index contributed by atoms with van der Waals surface area (Å²) in [6, 6.07) is 5.78. The molecule has 1 saturated heterocycles. The molecule has 0 aliphatic carbocycles. The van der Waals surface area contributed by atoms with E-state index in [1.807, 2.05) is 6.92 Å². The molecule has 0 saturated carbocycles. The first-order chi connectivity index (χ1) is 11.0. The molecule has 1 atom stereocenters. The number of likely N-dealkylation sites (N-methyl/N-ethyl adjacent to an activating group) is 1. The number of likely N-dealkylation sites (tertiary alicyclic amines) is 1. The van der Waals surface area contributed by atoms with Gasteiger partial charge in [0.05, 0.1) is 26.0 Å². The lowest BCUT2D eigenvalue weighted by molar-refractivity contribution is -0.873. The molecule has 138 valence electrons. The number of hydrogen-bond acceptors (Lipinski definition) is 5. The topological polar surface area (TPSA) is 80.7 Å². The summed E-state index contributed by atoms with van der Waals surface area (Å²) in [4.78, 5) is 2.18. The minimum atomic E-state index is -4.27. The number of aliphatic hydroxyl groups excluding tert-OH is 1. The van der Waals surface area contributed by atoms with Crippen LogP contribution in [0.2, 0.25) is 0 Å². The number of benzene rings is 1. The Morgan fingerprint density at radius 3 is 2.08 bits per heavy atom. The lowest BCUT2D eigenvalue weighted by Gasteiger charge is -2.28. The average molecular weight is 359 g/mol. The van der Waals surface area contributed by atoms with Crippen molar-refractivity contribution in [2.45, 2.75) is 30.8 Å². The van der Waals surface area contributed by atoms with Crippen LogP contribution in [0.25, 0.3) is 0 Å². The van der Waals surface area contributed by atoms with Crippen LogP contribution in [0.5, 0.6) is 0 Å². The van der Waals surface area contributed by atoms with Gasteiger partial charge in [-0.15, -0.1) is 0 Å². The fraction of sp³-hybridized carbons (Fsp3) is 0.647. The van der Waals surface area contributed by atoms with E-state index in [0.29, 0.717) is 0 Å². The van der Waals surface area contributed by atoms with Gasteiger partial charge in [0.1, 0.15) is 22.8 Å². The Kier molecular flexibility index (Phi) is 7.82. The maximum atomic E-state index is 10.4. The summed E-state index contributed by atoms with van der Waals surface area (Å²) in [7, 11) is 2.09. The lowest BCUT2D eigenvalue weighted by atomic mass is 10.2. The van der Waals surface area contributed by atoms with E-state index in [1.165, 1.54) is 38.1 Å². The summed E-state index contributed by atoms with van der Waals surface area (Å²) in [5.41, 5.74) is 0.928. The Bertz CT molecular complexity index is 588. The third-order valence-electron chi connectivity index (χ3n) is 3.74. The summed E-state index contributed by atoms with van der Waals surface area (Å²) in [5, 5.41) is 9.79. The average Bonchev–Trinajstić information content (AvgIpc) is 2.89. The molecular weight excluding hydrogens is 328 g/mol. The van der Waals surface area contributed by atoms with Gasteiger partial charge >= 0.3 is 0 Å². The summed E-state index contributed by atoms with van der Waals surface area (Å²) in [6.45, 7) is 5.87. The molecule has 1 aromatic carbocycles. The van der Waals surface area contributed by atoms with E-state index >= 15 is 0 Å². The smallest absolute Gasteiger partial charge is 0.124 e. The number of nitrogens with zero attached hydrogens (tertiary/aromatic N) is 2. The zero-order valence-corrected chi connectivity index (χ0v) is 15.9. The Balaban J connectivity index is 0.000000243. The molecule has 1 unspecified atom stereocenters. The summed E-state index contributed by atoms with van der Waals surface area (Å²) >= 11 is 0. The zero-order chi connectivity index (χ0) is 18.4. The molecule has 7 heteroatoms. The number of aliphatic hydroxyl groups is 1. The molecule has 1 heterocycles. The first-order valence-corrected chi connectivity index (χ1v) is 9.61. The van der Waals surface area contributed by atoms with Gasteiger partial charge in [-0.25, -0.2) is 8.42 Å². The van der Waals surface area contributed by atoms with Crippen molar-refractivity contribution in [3.63, 3.8) is 0 Å². The van der Waals surface area contributed by atoms with E-state index in [4.69, 9.17) is 0 Å². The predicted molar refractivity (Wildman–Crippen MR) is 93.7 cm³/mol. The maximum Gasteiger partial charge on any atom is 0.124 e. The lowest BCUT2D eigenvalue weighted by Crippen LogP contribution is -2.45. The SMILES string of the molecule is C[N+](C)(C)CC(O)CN1CCCC1.Cc1ccc(S(=O)(=O)[O-])cc1. The van der Waals surface area contributed by atoms with E-state index in [0.717, 1.165) is 23.1 Å². The summed E-state index contributed by atoms with van der Waals surface area (Å²) < 4.78 is 32.0. The van der Waals surface area contributed by atoms with E-state index in [2.05, 4.69) is 26.0 Å². The van der Waals surface area contributed by atoms with Crippen LogP contribution < -0.4 is 0 Å². The molecule has 0 aromatic heterocycles. The molecule has 0 spiro atoms. The van der Waals surface area contributed by atoms with Crippen molar-refractivity contribution in [2.75, 3.05) is 47.3 Å². The molecule has 1 fully saturated rings. The van der Waals surface area contributed by atoms with E-state index in [-0.39, 0.29) is 11.0 Å². The van der Waals surface area contributed by atoms with Gasteiger partial charge in [-0.3, -0.25) is 0 Å². The molecular formula is C17H30N2O4S. The van der Waals surface area contributed by atoms with Gasteiger partial charge in [0.25, 0.3) is 0 Å². The normalized spacial score (nSPS) is 17.2. The number of hydrogen-bond donors (Lipinski definition) is 1. The third kappa shape index (κ3) is 8.75. The Morgan fingerprint density at radius 1 is 1.17 bits per heavy atom. The van der Waals surface area contributed by atoms with Crippen molar-refractivity contribution in [3.05, 3.63) is 29.8 Å². The van der Waals surface area contributed by atoms with E-state index in [1.54, 1.807) is 12.1 Å². The minimum absolute atomic E-state index is 0.168. The van der Waals surface area contributed by atoms with Crippen molar-refractivity contribution in [3.8, 4) is 0 Å². The molecule has 1 N–H and O–H groups in total. The van der Waals surface area contributed by atoms with Crippen LogP contribution in [0.3, 0.4) is 0 Å². The first kappa shape index (κ1) is 21.1. The van der Waals surface area contributed by atoms with Gasteiger partial charge in [0.2, 0.25) is 0 Å². The second kappa shape index (κ2) is 8.92. The van der Waals surface area contributed by atoms with E-state index in [9.17, 15) is 18.1 Å². The Hall–Kier alpha value is -0.990. The Labute approximate surface area is 146 Å². The van der Waals surface area contributed by atoms with Crippen molar-refractivity contribution < 1.29 is 22.6 Å². The zero-order valence-electron chi connectivity index (χ0n) is 15.1. The highest BCUT2D eigenvalue weighted by molar-refractivity contribution is 7.85.